The van der Waals surface area contributed by atoms with Gasteiger partial charge < -0.3 is 14.8 Å². The van der Waals surface area contributed by atoms with Crippen LogP contribution in [0.15, 0.2) is 16.7 Å². The van der Waals surface area contributed by atoms with Gasteiger partial charge in [0, 0.05) is 6.42 Å². The van der Waals surface area contributed by atoms with E-state index in [1.807, 2.05) is 6.92 Å². The van der Waals surface area contributed by atoms with Crippen LogP contribution in [0.25, 0.3) is 0 Å². The molecule has 5 nitrogen and oxygen atoms in total. The first-order valence-electron chi connectivity index (χ1n) is 6.11. The fourth-order valence-corrected chi connectivity index (χ4v) is 2.11. The predicted octanol–water partition coefficient (Wildman–Crippen LogP) is 1.83. The maximum Gasteiger partial charge on any atom is 0.329 e. The van der Waals surface area contributed by atoms with E-state index in [1.54, 1.807) is 13.0 Å². The number of hydrogen-bond donors (Lipinski definition) is 2. The predicted molar refractivity (Wildman–Crippen MR) is 64.3 cm³/mol. The van der Waals surface area contributed by atoms with Crippen LogP contribution in [0.1, 0.15) is 42.8 Å². The highest BCUT2D eigenvalue weighted by Gasteiger charge is 2.48. The molecule has 18 heavy (non-hydrogen) atoms. The van der Waals surface area contributed by atoms with Gasteiger partial charge in [0.2, 0.25) is 0 Å². The molecule has 1 amide bonds. The fraction of sp³-hybridized carbons (Fsp3) is 0.538. The molecule has 0 saturated heterocycles. The summed E-state index contributed by atoms with van der Waals surface area (Å²) >= 11 is 0. The van der Waals surface area contributed by atoms with E-state index >= 15 is 0 Å². The smallest absolute Gasteiger partial charge is 0.329 e. The number of amides is 1. The van der Waals surface area contributed by atoms with Gasteiger partial charge in [-0.1, -0.05) is 6.92 Å². The van der Waals surface area contributed by atoms with Crippen molar-refractivity contribution in [3.8, 4) is 0 Å². The molecule has 2 N–H and O–H groups in total. The number of carboxylic acids is 1. The first kappa shape index (κ1) is 12.7. The zero-order chi connectivity index (χ0) is 13.3. The van der Waals surface area contributed by atoms with Crippen molar-refractivity contribution in [1.82, 2.24) is 5.32 Å². The second-order valence-electron chi connectivity index (χ2n) is 4.85. The lowest BCUT2D eigenvalue weighted by atomic mass is 9.95. The number of hydrogen-bond acceptors (Lipinski definition) is 3. The molecule has 1 heterocycles. The molecule has 1 fully saturated rings. The Hall–Kier alpha value is -1.78. The van der Waals surface area contributed by atoms with Crippen molar-refractivity contribution >= 4 is 11.9 Å². The highest BCUT2D eigenvalue weighted by Crippen LogP contribution is 2.39. The Morgan fingerprint density at radius 3 is 2.72 bits per heavy atom. The monoisotopic (exact) mass is 251 g/mol. The van der Waals surface area contributed by atoms with Crippen molar-refractivity contribution in [2.75, 3.05) is 0 Å². The van der Waals surface area contributed by atoms with Crippen molar-refractivity contribution < 1.29 is 19.1 Å². The third-order valence-electron chi connectivity index (χ3n) is 3.52. The van der Waals surface area contributed by atoms with Crippen molar-refractivity contribution in [3.63, 3.8) is 0 Å². The topological polar surface area (TPSA) is 79.5 Å². The van der Waals surface area contributed by atoms with Crippen LogP contribution in [-0.2, 0) is 11.2 Å². The first-order valence-corrected chi connectivity index (χ1v) is 6.11. The number of aryl methyl sites for hydroxylation is 1. The molecule has 1 aliphatic carbocycles. The minimum atomic E-state index is -1.18. The molecule has 2 rings (SSSR count). The van der Waals surface area contributed by atoms with E-state index in [-0.39, 0.29) is 11.8 Å². The summed E-state index contributed by atoms with van der Waals surface area (Å²) in [6.07, 6.45) is 3.73. The SMILES string of the molecule is CCc1occc1C(=O)NC(C)(C(=O)O)C1CC1. The highest BCUT2D eigenvalue weighted by molar-refractivity contribution is 5.98. The average molecular weight is 251 g/mol. The Bertz CT molecular complexity index is 475. The second-order valence-corrected chi connectivity index (χ2v) is 4.85. The summed E-state index contributed by atoms with van der Waals surface area (Å²) in [7, 11) is 0. The van der Waals surface area contributed by atoms with Crippen molar-refractivity contribution in [2.24, 2.45) is 5.92 Å². The van der Waals surface area contributed by atoms with E-state index < -0.39 is 11.5 Å². The molecule has 0 aromatic carbocycles. The van der Waals surface area contributed by atoms with Gasteiger partial charge in [-0.15, -0.1) is 0 Å². The van der Waals surface area contributed by atoms with E-state index in [4.69, 9.17) is 4.42 Å². The molecule has 98 valence electrons. The largest absolute Gasteiger partial charge is 0.480 e. The molecule has 1 unspecified atom stereocenters. The standard InChI is InChI=1S/C13H17NO4/c1-3-10-9(6-7-18-10)11(15)14-13(2,12(16)17)8-4-5-8/h6-8H,3-5H2,1-2H3,(H,14,15)(H,16,17). The summed E-state index contributed by atoms with van der Waals surface area (Å²) in [6, 6.07) is 1.57. The lowest BCUT2D eigenvalue weighted by Crippen LogP contribution is -2.54. The first-order chi connectivity index (χ1) is 8.49. The molecule has 1 aromatic rings. The zero-order valence-electron chi connectivity index (χ0n) is 10.5. The molecule has 1 saturated carbocycles. The molecule has 1 aliphatic rings. The Balaban J connectivity index is 2.17. The molecule has 1 atom stereocenters. The number of aliphatic carboxylic acids is 1. The summed E-state index contributed by atoms with van der Waals surface area (Å²) in [6.45, 7) is 3.45. The number of carbonyl (C=O) groups is 2. The number of furan rings is 1. The van der Waals surface area contributed by atoms with Crippen molar-refractivity contribution in [2.45, 2.75) is 38.6 Å². The van der Waals surface area contributed by atoms with Gasteiger partial charge >= 0.3 is 5.97 Å². The van der Waals surface area contributed by atoms with Crippen LogP contribution in [0.2, 0.25) is 0 Å². The Labute approximate surface area is 105 Å². The van der Waals surface area contributed by atoms with E-state index in [0.717, 1.165) is 12.8 Å². The number of carboxylic acid groups (broad SMARTS) is 1. The molecular formula is C13H17NO4. The average Bonchev–Trinajstić information content (AvgIpc) is 3.07. The minimum Gasteiger partial charge on any atom is -0.480 e. The van der Waals surface area contributed by atoms with Crippen LogP contribution < -0.4 is 5.32 Å². The van der Waals surface area contributed by atoms with Crippen LogP contribution in [0.3, 0.4) is 0 Å². The van der Waals surface area contributed by atoms with Crippen molar-refractivity contribution in [1.29, 1.82) is 0 Å². The van der Waals surface area contributed by atoms with Gasteiger partial charge in [-0.25, -0.2) is 4.79 Å². The van der Waals surface area contributed by atoms with Gasteiger partial charge in [-0.2, -0.15) is 0 Å². The Morgan fingerprint density at radius 2 is 2.22 bits per heavy atom. The lowest BCUT2D eigenvalue weighted by Gasteiger charge is -2.26. The van der Waals surface area contributed by atoms with Crippen LogP contribution >= 0.6 is 0 Å². The summed E-state index contributed by atoms with van der Waals surface area (Å²) < 4.78 is 5.18. The summed E-state index contributed by atoms with van der Waals surface area (Å²) in [4.78, 5) is 23.4. The fourth-order valence-electron chi connectivity index (χ4n) is 2.11. The summed E-state index contributed by atoms with van der Waals surface area (Å²) in [5.41, 5.74) is -0.759. The quantitative estimate of drug-likeness (QED) is 0.836. The van der Waals surface area contributed by atoms with Gasteiger partial charge in [0.15, 0.2) is 0 Å². The maximum absolute atomic E-state index is 12.1. The van der Waals surface area contributed by atoms with Crippen LogP contribution in [0, 0.1) is 5.92 Å². The molecule has 0 spiro atoms. The lowest BCUT2D eigenvalue weighted by molar-refractivity contribution is -0.144. The van der Waals surface area contributed by atoms with Crippen LogP contribution in [-0.4, -0.2) is 22.5 Å². The minimum absolute atomic E-state index is 0.0240. The van der Waals surface area contributed by atoms with E-state index in [9.17, 15) is 14.7 Å². The molecule has 0 aliphatic heterocycles. The zero-order valence-corrected chi connectivity index (χ0v) is 10.5. The summed E-state index contributed by atoms with van der Waals surface area (Å²) in [5.74, 6) is -0.760. The van der Waals surface area contributed by atoms with Crippen LogP contribution in [0.5, 0.6) is 0 Å². The molecular weight excluding hydrogens is 234 g/mol. The van der Waals surface area contributed by atoms with E-state index in [0.29, 0.717) is 17.7 Å². The van der Waals surface area contributed by atoms with E-state index in [2.05, 4.69) is 5.32 Å². The third-order valence-corrected chi connectivity index (χ3v) is 3.52. The third kappa shape index (κ3) is 2.12. The number of nitrogens with one attached hydrogen (secondary N) is 1. The summed E-state index contributed by atoms with van der Waals surface area (Å²) in [5, 5.41) is 11.9. The van der Waals surface area contributed by atoms with Gasteiger partial charge in [0.25, 0.3) is 5.91 Å². The maximum atomic E-state index is 12.1. The normalized spacial score (nSPS) is 18.1. The van der Waals surface area contributed by atoms with Gasteiger partial charge in [-0.05, 0) is 31.7 Å². The molecule has 0 bridgehead atoms. The molecule has 5 heteroatoms. The number of rotatable bonds is 5. The van der Waals surface area contributed by atoms with Gasteiger partial charge in [0.1, 0.15) is 11.3 Å². The van der Waals surface area contributed by atoms with Crippen molar-refractivity contribution in [3.05, 3.63) is 23.7 Å². The van der Waals surface area contributed by atoms with Gasteiger partial charge in [0.05, 0.1) is 11.8 Å². The molecule has 1 aromatic heterocycles. The highest BCUT2D eigenvalue weighted by atomic mass is 16.4. The van der Waals surface area contributed by atoms with E-state index in [1.165, 1.54) is 6.26 Å². The Kier molecular flexibility index (Phi) is 3.15. The Morgan fingerprint density at radius 1 is 1.56 bits per heavy atom. The molecule has 0 radical (unpaired) electrons. The number of carbonyl (C=O) groups excluding carboxylic acids is 1. The van der Waals surface area contributed by atoms with Gasteiger partial charge in [-0.3, -0.25) is 4.79 Å². The second kappa shape index (κ2) is 4.48. The van der Waals surface area contributed by atoms with Crippen LogP contribution in [0.4, 0.5) is 0 Å².